The Balaban J connectivity index is 1.94. The number of nitrogens with one attached hydrogen (secondary N) is 1. The van der Waals surface area contributed by atoms with E-state index in [-0.39, 0.29) is 5.54 Å². The Labute approximate surface area is 109 Å². The Hall–Kier alpha value is -0.220. The summed E-state index contributed by atoms with van der Waals surface area (Å²) in [7, 11) is 0. The molecule has 4 heteroatoms. The monoisotopic (exact) mass is 256 g/mol. The molecule has 0 spiro atoms. The van der Waals surface area contributed by atoms with Gasteiger partial charge in [-0.15, -0.1) is 0 Å². The summed E-state index contributed by atoms with van der Waals surface area (Å²) in [6.45, 7) is 8.53. The summed E-state index contributed by atoms with van der Waals surface area (Å²) in [6.07, 6.45) is 3.52. The number of amidine groups is 1. The largest absolute Gasteiger partial charge is 0.381 e. The van der Waals surface area contributed by atoms with Gasteiger partial charge in [0.15, 0.2) is 5.17 Å². The minimum atomic E-state index is 0.287. The molecule has 0 amide bonds. The molecule has 1 N–H and O–H groups in total. The molecule has 2 fully saturated rings. The molecule has 0 aromatic carbocycles. The van der Waals surface area contributed by atoms with E-state index in [4.69, 9.17) is 9.73 Å². The molecule has 98 valence electrons. The van der Waals surface area contributed by atoms with Gasteiger partial charge in [0, 0.05) is 23.8 Å². The molecule has 0 bridgehead atoms. The number of thioether (sulfide) groups is 1. The lowest BCUT2D eigenvalue weighted by Gasteiger charge is -2.25. The quantitative estimate of drug-likeness (QED) is 0.839. The first-order valence-electron chi connectivity index (χ1n) is 6.75. The van der Waals surface area contributed by atoms with Crippen LogP contribution in [0.15, 0.2) is 4.99 Å². The van der Waals surface area contributed by atoms with Crippen molar-refractivity contribution in [1.82, 2.24) is 5.32 Å². The van der Waals surface area contributed by atoms with E-state index >= 15 is 0 Å². The summed E-state index contributed by atoms with van der Waals surface area (Å²) in [5.74, 6) is 1.77. The van der Waals surface area contributed by atoms with Crippen molar-refractivity contribution in [2.24, 2.45) is 10.9 Å². The summed E-state index contributed by atoms with van der Waals surface area (Å²) in [6, 6.07) is 0.386. The maximum absolute atomic E-state index is 5.43. The molecule has 2 atom stereocenters. The fourth-order valence-corrected chi connectivity index (χ4v) is 3.85. The summed E-state index contributed by atoms with van der Waals surface area (Å²) < 4.78 is 5.43. The summed E-state index contributed by atoms with van der Waals surface area (Å²) in [5, 5.41) is 4.78. The number of aliphatic imine (C=N–C) groups is 1. The van der Waals surface area contributed by atoms with Crippen LogP contribution in [0.5, 0.6) is 0 Å². The topological polar surface area (TPSA) is 33.6 Å². The molecule has 0 aromatic rings. The average molecular weight is 256 g/mol. The van der Waals surface area contributed by atoms with Crippen molar-refractivity contribution in [3.8, 4) is 0 Å². The summed E-state index contributed by atoms with van der Waals surface area (Å²) in [5.41, 5.74) is 0.287. The standard InChI is InChI=1S/C13H24N2OS/c1-4-13(5-2)9-17-12(15-13)14-10(3)11-6-7-16-8-11/h10-11H,4-9H2,1-3H3,(H,14,15). The first kappa shape index (κ1) is 13.2. The molecule has 2 unspecified atom stereocenters. The highest BCUT2D eigenvalue weighted by Gasteiger charge is 2.34. The number of hydrogen-bond donors (Lipinski definition) is 1. The van der Waals surface area contributed by atoms with Crippen molar-refractivity contribution in [2.45, 2.75) is 51.6 Å². The fraction of sp³-hybridized carbons (Fsp3) is 0.923. The number of rotatable bonds is 4. The second-order valence-corrected chi connectivity index (χ2v) is 6.16. The van der Waals surface area contributed by atoms with Crippen LogP contribution < -0.4 is 5.32 Å². The zero-order chi connectivity index (χ0) is 12.3. The van der Waals surface area contributed by atoms with E-state index in [0.717, 1.165) is 30.6 Å². The van der Waals surface area contributed by atoms with Crippen LogP contribution in [0.1, 0.15) is 40.0 Å². The van der Waals surface area contributed by atoms with Gasteiger partial charge in [0.2, 0.25) is 0 Å². The van der Waals surface area contributed by atoms with Gasteiger partial charge in [-0.05, 0) is 26.2 Å². The molecule has 0 aromatic heterocycles. The lowest BCUT2D eigenvalue weighted by atomic mass is 9.96. The molecule has 0 aliphatic carbocycles. The Morgan fingerprint density at radius 1 is 1.53 bits per heavy atom. The highest BCUT2D eigenvalue weighted by atomic mass is 32.2. The molecule has 2 saturated heterocycles. The smallest absolute Gasteiger partial charge is 0.157 e. The van der Waals surface area contributed by atoms with Gasteiger partial charge in [0.05, 0.1) is 12.6 Å². The predicted molar refractivity (Wildman–Crippen MR) is 74.7 cm³/mol. The Kier molecular flexibility index (Phi) is 4.36. The lowest BCUT2D eigenvalue weighted by Crippen LogP contribution is -2.42. The van der Waals surface area contributed by atoms with Crippen LogP contribution in [-0.2, 0) is 4.74 Å². The van der Waals surface area contributed by atoms with E-state index in [1.54, 1.807) is 0 Å². The molecule has 17 heavy (non-hydrogen) atoms. The van der Waals surface area contributed by atoms with Crippen LogP contribution in [-0.4, -0.2) is 35.7 Å². The van der Waals surface area contributed by atoms with Crippen LogP contribution >= 0.6 is 11.8 Å². The first-order chi connectivity index (χ1) is 8.19. The third-order valence-corrected chi connectivity index (χ3v) is 5.36. The van der Waals surface area contributed by atoms with Gasteiger partial charge in [-0.25, -0.2) is 0 Å². The molecule has 2 aliphatic heterocycles. The molecule has 3 nitrogen and oxygen atoms in total. The maximum atomic E-state index is 5.43. The minimum Gasteiger partial charge on any atom is -0.381 e. The van der Waals surface area contributed by atoms with Crippen LogP contribution in [0.2, 0.25) is 0 Å². The lowest BCUT2D eigenvalue weighted by molar-refractivity contribution is 0.182. The summed E-state index contributed by atoms with van der Waals surface area (Å²) in [4.78, 5) is 4.84. The number of ether oxygens (including phenoxy) is 1. The third-order valence-electron chi connectivity index (χ3n) is 4.18. The van der Waals surface area contributed by atoms with E-state index in [0.29, 0.717) is 12.0 Å². The van der Waals surface area contributed by atoms with Gasteiger partial charge in [0.25, 0.3) is 0 Å². The zero-order valence-electron chi connectivity index (χ0n) is 11.2. The second-order valence-electron chi connectivity index (χ2n) is 5.20. The summed E-state index contributed by atoms with van der Waals surface area (Å²) >= 11 is 1.88. The van der Waals surface area contributed by atoms with Crippen molar-refractivity contribution in [1.29, 1.82) is 0 Å². The molecule has 2 aliphatic rings. The van der Waals surface area contributed by atoms with E-state index in [2.05, 4.69) is 26.1 Å². The van der Waals surface area contributed by atoms with Crippen LogP contribution in [0, 0.1) is 5.92 Å². The second kappa shape index (κ2) is 5.61. The van der Waals surface area contributed by atoms with Gasteiger partial charge in [-0.3, -0.25) is 4.99 Å². The molecule has 0 saturated carbocycles. The highest BCUT2D eigenvalue weighted by molar-refractivity contribution is 8.14. The minimum absolute atomic E-state index is 0.287. The van der Waals surface area contributed by atoms with Gasteiger partial charge in [-0.1, -0.05) is 25.6 Å². The van der Waals surface area contributed by atoms with Crippen molar-refractivity contribution in [3.05, 3.63) is 0 Å². The molecular weight excluding hydrogens is 232 g/mol. The van der Waals surface area contributed by atoms with Gasteiger partial charge >= 0.3 is 0 Å². The van der Waals surface area contributed by atoms with Crippen molar-refractivity contribution >= 4 is 16.9 Å². The van der Waals surface area contributed by atoms with Gasteiger partial charge in [-0.2, -0.15) is 0 Å². The van der Waals surface area contributed by atoms with Crippen molar-refractivity contribution in [3.63, 3.8) is 0 Å². The van der Waals surface area contributed by atoms with Crippen molar-refractivity contribution < 1.29 is 4.74 Å². The number of nitrogens with zero attached hydrogens (tertiary/aromatic N) is 1. The Bertz CT molecular complexity index is 283. The van der Waals surface area contributed by atoms with E-state index in [1.807, 2.05) is 11.8 Å². The Morgan fingerprint density at radius 3 is 2.82 bits per heavy atom. The normalized spacial score (nSPS) is 31.7. The third kappa shape index (κ3) is 2.97. The zero-order valence-corrected chi connectivity index (χ0v) is 12.0. The molecule has 0 radical (unpaired) electrons. The van der Waals surface area contributed by atoms with Crippen LogP contribution in [0.3, 0.4) is 0 Å². The molecular formula is C13H24N2OS. The fourth-order valence-electron chi connectivity index (χ4n) is 2.43. The first-order valence-corrected chi connectivity index (χ1v) is 7.74. The highest BCUT2D eigenvalue weighted by Crippen LogP contribution is 2.30. The number of hydrogen-bond acceptors (Lipinski definition) is 3. The molecule has 2 heterocycles. The SMILES string of the molecule is CCC1(CC)CSC(=NC(C)C2CCOC2)N1. The van der Waals surface area contributed by atoms with Gasteiger partial charge in [0.1, 0.15) is 0 Å². The van der Waals surface area contributed by atoms with Crippen LogP contribution in [0.4, 0.5) is 0 Å². The predicted octanol–water partition coefficient (Wildman–Crippen LogP) is 2.66. The van der Waals surface area contributed by atoms with Gasteiger partial charge < -0.3 is 10.1 Å². The van der Waals surface area contributed by atoms with E-state index in [9.17, 15) is 0 Å². The van der Waals surface area contributed by atoms with E-state index in [1.165, 1.54) is 12.8 Å². The van der Waals surface area contributed by atoms with Crippen molar-refractivity contribution in [2.75, 3.05) is 19.0 Å². The average Bonchev–Trinajstić information content (AvgIpc) is 2.98. The van der Waals surface area contributed by atoms with Crippen LogP contribution in [0.25, 0.3) is 0 Å². The maximum Gasteiger partial charge on any atom is 0.157 e. The van der Waals surface area contributed by atoms with E-state index < -0.39 is 0 Å². The molecule has 2 rings (SSSR count). The Morgan fingerprint density at radius 2 is 2.29 bits per heavy atom.